The number of hydrogen-bond donors (Lipinski definition) is 2. The molecule has 5 heteroatoms. The lowest BCUT2D eigenvalue weighted by molar-refractivity contribution is -0.128. The number of rotatable bonds is 4. The van der Waals surface area contributed by atoms with Crippen molar-refractivity contribution in [3.8, 4) is 0 Å². The third-order valence-corrected chi connectivity index (χ3v) is 4.34. The zero-order valence-electron chi connectivity index (χ0n) is 13.0. The minimum atomic E-state index is -0.765. The van der Waals surface area contributed by atoms with Crippen LogP contribution in [0.4, 0.5) is 0 Å². The van der Waals surface area contributed by atoms with Crippen LogP contribution in [-0.4, -0.2) is 42.0 Å². The van der Waals surface area contributed by atoms with Crippen molar-refractivity contribution >= 4 is 22.6 Å². The number of hydrogen-bond acceptors (Lipinski definition) is 3. The molecule has 2 aromatic rings. The minimum absolute atomic E-state index is 0.0137. The van der Waals surface area contributed by atoms with E-state index in [4.69, 9.17) is 0 Å². The van der Waals surface area contributed by atoms with Crippen LogP contribution in [0.15, 0.2) is 42.5 Å². The lowest BCUT2D eigenvalue weighted by Crippen LogP contribution is -2.34. The molecule has 0 bridgehead atoms. The second-order valence-corrected chi connectivity index (χ2v) is 6.04. The predicted molar refractivity (Wildman–Crippen MR) is 87.7 cm³/mol. The Bertz CT molecular complexity index is 744. The maximum atomic E-state index is 12.1. The summed E-state index contributed by atoms with van der Waals surface area (Å²) in [6.07, 6.45) is -0.521. The summed E-state index contributed by atoms with van der Waals surface area (Å²) < 4.78 is 0. The molecule has 0 radical (unpaired) electrons. The fourth-order valence-electron chi connectivity index (χ4n) is 2.91. The van der Waals surface area contributed by atoms with Crippen molar-refractivity contribution in [3.05, 3.63) is 48.0 Å². The molecule has 23 heavy (non-hydrogen) atoms. The lowest BCUT2D eigenvalue weighted by atomic mass is 10.0. The monoisotopic (exact) mass is 312 g/mol. The van der Waals surface area contributed by atoms with Gasteiger partial charge in [0.15, 0.2) is 0 Å². The molecule has 2 aromatic carbocycles. The Morgan fingerprint density at radius 2 is 2.04 bits per heavy atom. The topological polar surface area (TPSA) is 69.6 Å². The lowest BCUT2D eigenvalue weighted by Gasteiger charge is -2.15. The molecule has 1 aliphatic heterocycles. The van der Waals surface area contributed by atoms with Gasteiger partial charge in [-0.3, -0.25) is 9.59 Å². The van der Waals surface area contributed by atoms with Gasteiger partial charge in [0.05, 0.1) is 12.0 Å². The smallest absolute Gasteiger partial charge is 0.225 e. The Morgan fingerprint density at radius 1 is 1.30 bits per heavy atom. The Morgan fingerprint density at radius 3 is 2.74 bits per heavy atom. The van der Waals surface area contributed by atoms with E-state index in [0.717, 1.165) is 16.3 Å². The molecule has 2 atom stereocenters. The van der Waals surface area contributed by atoms with E-state index in [2.05, 4.69) is 5.32 Å². The second kappa shape index (κ2) is 6.38. The van der Waals surface area contributed by atoms with E-state index < -0.39 is 6.10 Å². The van der Waals surface area contributed by atoms with Crippen molar-refractivity contribution in [2.75, 3.05) is 20.1 Å². The maximum Gasteiger partial charge on any atom is 0.225 e. The summed E-state index contributed by atoms with van der Waals surface area (Å²) in [5, 5.41) is 15.2. The molecule has 120 valence electrons. The first-order valence-electron chi connectivity index (χ1n) is 7.73. The standard InChI is InChI=1S/C18H20N2O3/c1-20-11-15(9-17(20)22)18(23)19-10-16(21)14-7-6-12-4-2-3-5-13(12)8-14/h2-8,15-16,21H,9-11H2,1H3,(H,19,23). The van der Waals surface area contributed by atoms with Crippen molar-refractivity contribution < 1.29 is 14.7 Å². The third kappa shape index (κ3) is 3.35. The minimum Gasteiger partial charge on any atom is -0.387 e. The summed E-state index contributed by atoms with van der Waals surface area (Å²) in [5.74, 6) is -0.515. The van der Waals surface area contributed by atoms with Crippen molar-refractivity contribution in [1.29, 1.82) is 0 Å². The fourth-order valence-corrected chi connectivity index (χ4v) is 2.91. The van der Waals surface area contributed by atoms with E-state index >= 15 is 0 Å². The zero-order chi connectivity index (χ0) is 16.4. The molecule has 1 aliphatic rings. The van der Waals surface area contributed by atoms with Crippen molar-refractivity contribution in [2.24, 2.45) is 5.92 Å². The summed E-state index contributed by atoms with van der Waals surface area (Å²) in [5.41, 5.74) is 0.767. The van der Waals surface area contributed by atoms with E-state index in [9.17, 15) is 14.7 Å². The number of likely N-dealkylation sites (tertiary alicyclic amines) is 1. The highest BCUT2D eigenvalue weighted by atomic mass is 16.3. The molecular formula is C18H20N2O3. The number of nitrogens with one attached hydrogen (secondary N) is 1. The van der Waals surface area contributed by atoms with Crippen LogP contribution in [0.25, 0.3) is 10.8 Å². The van der Waals surface area contributed by atoms with Gasteiger partial charge in [-0.05, 0) is 22.4 Å². The molecule has 2 unspecified atom stereocenters. The molecule has 5 nitrogen and oxygen atoms in total. The zero-order valence-corrected chi connectivity index (χ0v) is 13.0. The number of benzene rings is 2. The van der Waals surface area contributed by atoms with Crippen LogP contribution in [0.2, 0.25) is 0 Å². The summed E-state index contributed by atoms with van der Waals surface area (Å²) in [7, 11) is 1.69. The summed E-state index contributed by atoms with van der Waals surface area (Å²) >= 11 is 0. The average molecular weight is 312 g/mol. The highest BCUT2D eigenvalue weighted by Gasteiger charge is 2.32. The largest absolute Gasteiger partial charge is 0.387 e. The Labute approximate surface area is 134 Å². The number of amides is 2. The van der Waals surface area contributed by atoms with E-state index in [0.29, 0.717) is 6.54 Å². The first-order valence-corrected chi connectivity index (χ1v) is 7.73. The van der Waals surface area contributed by atoms with Crippen LogP contribution >= 0.6 is 0 Å². The Hall–Kier alpha value is -2.40. The first-order chi connectivity index (χ1) is 11.0. The molecule has 1 saturated heterocycles. The maximum absolute atomic E-state index is 12.1. The third-order valence-electron chi connectivity index (χ3n) is 4.34. The van der Waals surface area contributed by atoms with Gasteiger partial charge in [-0.15, -0.1) is 0 Å². The molecular weight excluding hydrogens is 292 g/mol. The van der Waals surface area contributed by atoms with Crippen LogP contribution in [0.3, 0.4) is 0 Å². The highest BCUT2D eigenvalue weighted by Crippen LogP contribution is 2.21. The normalized spacial score (nSPS) is 19.1. The molecule has 1 fully saturated rings. The second-order valence-electron chi connectivity index (χ2n) is 6.04. The van der Waals surface area contributed by atoms with E-state index in [1.54, 1.807) is 11.9 Å². The number of aliphatic hydroxyl groups excluding tert-OH is 1. The summed E-state index contributed by atoms with van der Waals surface area (Å²) in [6.45, 7) is 0.586. The molecule has 2 amide bonds. The SMILES string of the molecule is CN1CC(C(=O)NCC(O)c2ccc3ccccc3c2)CC1=O. The molecule has 3 rings (SSSR count). The molecule has 0 aromatic heterocycles. The van der Waals surface area contributed by atoms with Gasteiger partial charge in [-0.25, -0.2) is 0 Å². The Balaban J connectivity index is 1.61. The van der Waals surface area contributed by atoms with Crippen LogP contribution in [0, 0.1) is 5.92 Å². The fraction of sp³-hybridized carbons (Fsp3) is 0.333. The van der Waals surface area contributed by atoms with Gasteiger partial charge in [0, 0.05) is 26.6 Å². The molecule has 1 heterocycles. The number of carbonyl (C=O) groups excluding carboxylic acids is 2. The average Bonchev–Trinajstić information content (AvgIpc) is 2.91. The molecule has 0 saturated carbocycles. The highest BCUT2D eigenvalue weighted by molar-refractivity contribution is 5.89. The van der Waals surface area contributed by atoms with Gasteiger partial charge in [0.2, 0.25) is 11.8 Å². The van der Waals surface area contributed by atoms with Gasteiger partial charge < -0.3 is 15.3 Å². The first kappa shape index (κ1) is 15.5. The Kier molecular flexibility index (Phi) is 4.30. The van der Waals surface area contributed by atoms with Gasteiger partial charge in [0.25, 0.3) is 0 Å². The van der Waals surface area contributed by atoms with Crippen LogP contribution in [0.1, 0.15) is 18.1 Å². The van der Waals surface area contributed by atoms with Crippen LogP contribution in [-0.2, 0) is 9.59 Å². The van der Waals surface area contributed by atoms with E-state index in [1.807, 2.05) is 42.5 Å². The number of nitrogens with zero attached hydrogens (tertiary/aromatic N) is 1. The van der Waals surface area contributed by atoms with E-state index in [-0.39, 0.29) is 30.7 Å². The number of fused-ring (bicyclic) bond motifs is 1. The van der Waals surface area contributed by atoms with Gasteiger partial charge >= 0.3 is 0 Å². The molecule has 0 aliphatic carbocycles. The molecule has 0 spiro atoms. The molecule has 2 N–H and O–H groups in total. The van der Waals surface area contributed by atoms with Crippen LogP contribution < -0.4 is 5.32 Å². The van der Waals surface area contributed by atoms with Gasteiger partial charge in [-0.2, -0.15) is 0 Å². The van der Waals surface area contributed by atoms with Crippen LogP contribution in [0.5, 0.6) is 0 Å². The summed E-state index contributed by atoms with van der Waals surface area (Å²) in [6, 6.07) is 13.7. The van der Waals surface area contributed by atoms with Gasteiger partial charge in [0.1, 0.15) is 0 Å². The van der Waals surface area contributed by atoms with Crippen molar-refractivity contribution in [1.82, 2.24) is 10.2 Å². The number of aliphatic hydroxyl groups is 1. The van der Waals surface area contributed by atoms with Crippen molar-refractivity contribution in [3.63, 3.8) is 0 Å². The quantitative estimate of drug-likeness (QED) is 0.898. The predicted octanol–water partition coefficient (Wildman–Crippen LogP) is 1.47. The van der Waals surface area contributed by atoms with Gasteiger partial charge in [-0.1, -0.05) is 36.4 Å². The van der Waals surface area contributed by atoms with Crippen molar-refractivity contribution in [2.45, 2.75) is 12.5 Å². The summed E-state index contributed by atoms with van der Waals surface area (Å²) in [4.78, 5) is 25.1. The van der Waals surface area contributed by atoms with E-state index in [1.165, 1.54) is 0 Å². The number of carbonyl (C=O) groups is 2.